The molecule has 0 fully saturated rings. The maximum atomic E-state index is 13.5. The Morgan fingerprint density at radius 2 is 2.21 bits per heavy atom. The van der Waals surface area contributed by atoms with Crippen LogP contribution in [0.3, 0.4) is 0 Å². The number of hydrogen-bond acceptors (Lipinski definition) is 2. The second kappa shape index (κ2) is 7.69. The van der Waals surface area contributed by atoms with Crippen LogP contribution in [0.2, 0.25) is 0 Å². The van der Waals surface area contributed by atoms with Crippen LogP contribution in [0.5, 0.6) is 0 Å². The highest BCUT2D eigenvalue weighted by Gasteiger charge is 2.04. The van der Waals surface area contributed by atoms with Crippen molar-refractivity contribution >= 4 is 12.0 Å². The lowest BCUT2D eigenvalue weighted by Gasteiger charge is -2.16. The minimum Gasteiger partial charge on any atom is -0.478 e. The molecule has 0 heterocycles. The van der Waals surface area contributed by atoms with Crippen molar-refractivity contribution in [2.45, 2.75) is 26.3 Å². The number of carboxylic acids is 1. The number of rotatable bonds is 7. The minimum atomic E-state index is -1.08. The number of carboxylic acid groups (broad SMARTS) is 1. The van der Waals surface area contributed by atoms with Gasteiger partial charge in [-0.2, -0.15) is 0 Å². The van der Waals surface area contributed by atoms with Gasteiger partial charge in [0.1, 0.15) is 5.82 Å². The van der Waals surface area contributed by atoms with Crippen molar-refractivity contribution in [1.29, 1.82) is 0 Å². The van der Waals surface area contributed by atoms with Crippen molar-refractivity contribution in [3.63, 3.8) is 0 Å². The van der Waals surface area contributed by atoms with Gasteiger partial charge in [-0.15, -0.1) is 0 Å². The van der Waals surface area contributed by atoms with Gasteiger partial charge in [0.25, 0.3) is 0 Å². The number of hydrogen-bond donors (Lipinski definition) is 1. The first-order valence-corrected chi connectivity index (χ1v) is 6.41. The molecule has 4 heteroatoms. The molecule has 0 amide bonds. The van der Waals surface area contributed by atoms with E-state index in [0.717, 1.165) is 37.6 Å². The highest BCUT2D eigenvalue weighted by atomic mass is 19.1. The van der Waals surface area contributed by atoms with Crippen molar-refractivity contribution in [1.82, 2.24) is 4.90 Å². The van der Waals surface area contributed by atoms with Crippen molar-refractivity contribution in [2.75, 3.05) is 13.6 Å². The summed E-state index contributed by atoms with van der Waals surface area (Å²) in [7, 11) is 2.02. The molecule has 1 N–H and O–H groups in total. The monoisotopic (exact) mass is 265 g/mol. The summed E-state index contributed by atoms with van der Waals surface area (Å²) in [5.41, 5.74) is 1.29. The van der Waals surface area contributed by atoms with Crippen LogP contribution < -0.4 is 0 Å². The van der Waals surface area contributed by atoms with Gasteiger partial charge >= 0.3 is 5.97 Å². The zero-order valence-electron chi connectivity index (χ0n) is 11.4. The topological polar surface area (TPSA) is 40.5 Å². The molecule has 0 aliphatic carbocycles. The second-order valence-electron chi connectivity index (χ2n) is 4.62. The highest BCUT2D eigenvalue weighted by Crippen LogP contribution is 2.14. The van der Waals surface area contributed by atoms with E-state index in [1.165, 1.54) is 12.1 Å². The molecular weight excluding hydrogens is 245 g/mol. The van der Waals surface area contributed by atoms with Gasteiger partial charge in [-0.25, -0.2) is 9.18 Å². The third kappa shape index (κ3) is 5.66. The van der Waals surface area contributed by atoms with Gasteiger partial charge in [-0.05, 0) is 43.8 Å². The molecule has 19 heavy (non-hydrogen) atoms. The lowest BCUT2D eigenvalue weighted by atomic mass is 10.1. The highest BCUT2D eigenvalue weighted by molar-refractivity contribution is 5.85. The van der Waals surface area contributed by atoms with E-state index in [1.54, 1.807) is 12.1 Å². The number of halogens is 1. The second-order valence-corrected chi connectivity index (χ2v) is 4.62. The van der Waals surface area contributed by atoms with E-state index in [4.69, 9.17) is 5.11 Å². The summed E-state index contributed by atoms with van der Waals surface area (Å²) < 4.78 is 13.5. The van der Waals surface area contributed by atoms with Gasteiger partial charge < -0.3 is 10.0 Å². The Morgan fingerprint density at radius 1 is 1.47 bits per heavy atom. The largest absolute Gasteiger partial charge is 0.478 e. The smallest absolute Gasteiger partial charge is 0.328 e. The molecule has 0 aliphatic rings. The molecule has 0 atom stereocenters. The van der Waals surface area contributed by atoms with E-state index in [2.05, 4.69) is 11.8 Å². The van der Waals surface area contributed by atoms with Crippen LogP contribution in [0.15, 0.2) is 24.3 Å². The zero-order chi connectivity index (χ0) is 14.3. The molecule has 0 saturated carbocycles. The molecular formula is C15H20FNO2. The molecule has 0 unspecified atom stereocenters. The molecule has 0 spiro atoms. The Balaban J connectivity index is 2.75. The number of carbonyl (C=O) groups is 1. The van der Waals surface area contributed by atoms with Crippen LogP contribution in [0, 0.1) is 5.82 Å². The van der Waals surface area contributed by atoms with Crippen LogP contribution in [-0.4, -0.2) is 29.6 Å². The fraction of sp³-hybridized carbons (Fsp3) is 0.400. The van der Waals surface area contributed by atoms with E-state index in [0.29, 0.717) is 5.56 Å². The molecule has 0 bridgehead atoms. The summed E-state index contributed by atoms with van der Waals surface area (Å²) in [6.07, 6.45) is 4.50. The molecule has 3 nitrogen and oxygen atoms in total. The van der Waals surface area contributed by atoms with Crippen LogP contribution in [0.1, 0.15) is 30.9 Å². The average molecular weight is 265 g/mol. The van der Waals surface area contributed by atoms with Crippen molar-refractivity contribution < 1.29 is 14.3 Å². The molecule has 1 aromatic rings. The van der Waals surface area contributed by atoms with E-state index in [1.807, 2.05) is 7.05 Å². The lowest BCUT2D eigenvalue weighted by molar-refractivity contribution is -0.131. The molecule has 104 valence electrons. The first-order chi connectivity index (χ1) is 9.02. The fourth-order valence-electron chi connectivity index (χ4n) is 1.80. The zero-order valence-corrected chi connectivity index (χ0v) is 11.4. The standard InChI is InChI=1S/C15H20FNO2/c1-3-4-9-17(2)11-12-5-7-14(16)13(10-12)6-8-15(18)19/h5-8,10H,3-4,9,11H2,1-2H3,(H,18,19)/b8-6+. The Labute approximate surface area is 113 Å². The van der Waals surface area contributed by atoms with E-state index in [9.17, 15) is 9.18 Å². The fourth-order valence-corrected chi connectivity index (χ4v) is 1.80. The van der Waals surface area contributed by atoms with Gasteiger partial charge in [0.15, 0.2) is 0 Å². The van der Waals surface area contributed by atoms with Gasteiger partial charge in [0, 0.05) is 18.2 Å². The summed E-state index contributed by atoms with van der Waals surface area (Å²) in [6.45, 7) is 3.86. The number of nitrogens with zero attached hydrogens (tertiary/aromatic N) is 1. The Kier molecular flexibility index (Phi) is 6.22. The van der Waals surface area contributed by atoms with Crippen LogP contribution in [0.25, 0.3) is 6.08 Å². The van der Waals surface area contributed by atoms with Crippen LogP contribution in [-0.2, 0) is 11.3 Å². The summed E-state index contributed by atoms with van der Waals surface area (Å²) in [5, 5.41) is 8.56. The predicted molar refractivity (Wildman–Crippen MR) is 74.3 cm³/mol. The van der Waals surface area contributed by atoms with Crippen molar-refractivity contribution in [3.05, 3.63) is 41.2 Å². The number of benzene rings is 1. The van der Waals surface area contributed by atoms with E-state index < -0.39 is 11.8 Å². The number of aliphatic carboxylic acids is 1. The Hall–Kier alpha value is -1.68. The maximum Gasteiger partial charge on any atom is 0.328 e. The summed E-state index contributed by atoms with van der Waals surface area (Å²) in [4.78, 5) is 12.6. The molecule has 1 rings (SSSR count). The Morgan fingerprint density at radius 3 is 2.84 bits per heavy atom. The summed E-state index contributed by atoms with van der Waals surface area (Å²) in [6, 6.07) is 4.80. The molecule has 0 aliphatic heterocycles. The third-order valence-electron chi connectivity index (χ3n) is 2.81. The number of unbranched alkanes of at least 4 members (excludes halogenated alkanes) is 1. The lowest BCUT2D eigenvalue weighted by Crippen LogP contribution is -2.18. The van der Waals surface area contributed by atoms with Gasteiger partial charge in [0.05, 0.1) is 0 Å². The predicted octanol–water partition coefficient (Wildman–Crippen LogP) is 3.16. The molecule has 0 aromatic heterocycles. The van der Waals surface area contributed by atoms with Gasteiger partial charge in [-0.1, -0.05) is 19.4 Å². The minimum absolute atomic E-state index is 0.309. The average Bonchev–Trinajstić information content (AvgIpc) is 2.37. The molecule has 0 saturated heterocycles. The molecule has 0 radical (unpaired) electrons. The van der Waals surface area contributed by atoms with Crippen molar-refractivity contribution in [3.8, 4) is 0 Å². The van der Waals surface area contributed by atoms with Gasteiger partial charge in [-0.3, -0.25) is 0 Å². The van der Waals surface area contributed by atoms with Gasteiger partial charge in [0.2, 0.25) is 0 Å². The first-order valence-electron chi connectivity index (χ1n) is 6.41. The SMILES string of the molecule is CCCCN(C)Cc1ccc(F)c(/C=C/C(=O)O)c1. The normalized spacial score (nSPS) is 11.4. The summed E-state index contributed by atoms with van der Waals surface area (Å²) >= 11 is 0. The third-order valence-corrected chi connectivity index (χ3v) is 2.81. The quantitative estimate of drug-likeness (QED) is 0.770. The summed E-state index contributed by atoms with van der Waals surface area (Å²) in [5.74, 6) is -1.48. The Bertz CT molecular complexity index is 457. The van der Waals surface area contributed by atoms with E-state index in [-0.39, 0.29) is 0 Å². The van der Waals surface area contributed by atoms with Crippen molar-refractivity contribution in [2.24, 2.45) is 0 Å². The first kappa shape index (κ1) is 15.4. The van der Waals surface area contributed by atoms with Crippen LogP contribution >= 0.6 is 0 Å². The van der Waals surface area contributed by atoms with Crippen LogP contribution in [0.4, 0.5) is 4.39 Å². The van der Waals surface area contributed by atoms with E-state index >= 15 is 0 Å². The molecule has 1 aromatic carbocycles. The maximum absolute atomic E-state index is 13.5.